The quantitative estimate of drug-likeness (QED) is 0.486. The molecule has 2 unspecified atom stereocenters. The minimum Gasteiger partial charge on any atom is -0.394 e. The summed E-state index contributed by atoms with van der Waals surface area (Å²) in [6, 6.07) is 0. The van der Waals surface area contributed by atoms with Crippen LogP contribution in [0.15, 0.2) is 60.9 Å². The molecule has 0 spiro atoms. The van der Waals surface area contributed by atoms with Crippen LogP contribution in [0.4, 0.5) is 0 Å². The van der Waals surface area contributed by atoms with Crippen molar-refractivity contribution in [1.82, 2.24) is 5.32 Å². The van der Waals surface area contributed by atoms with E-state index in [9.17, 15) is 0 Å². The molecule has 1 N–H and O–H groups in total. The molecule has 0 rings (SSSR count). The van der Waals surface area contributed by atoms with Crippen molar-refractivity contribution in [3.63, 3.8) is 0 Å². The van der Waals surface area contributed by atoms with Gasteiger partial charge in [0.2, 0.25) is 0 Å². The van der Waals surface area contributed by atoms with Crippen molar-refractivity contribution in [3.05, 3.63) is 60.9 Å². The maximum Gasteiger partial charge on any atom is 0.0100 e. The van der Waals surface area contributed by atoms with E-state index < -0.39 is 0 Å². The minimum absolute atomic E-state index is 0.327. The Morgan fingerprint density at radius 3 is 2.39 bits per heavy atom. The van der Waals surface area contributed by atoms with Gasteiger partial charge >= 0.3 is 0 Å². The molecule has 0 aliphatic heterocycles. The number of hydrogen-bond donors (Lipinski definition) is 1. The van der Waals surface area contributed by atoms with Gasteiger partial charge in [-0.1, -0.05) is 43.9 Å². The summed E-state index contributed by atoms with van der Waals surface area (Å²) >= 11 is 0. The Morgan fingerprint density at radius 2 is 2.00 bits per heavy atom. The largest absolute Gasteiger partial charge is 0.394 e. The summed E-state index contributed by atoms with van der Waals surface area (Å²) in [6.07, 6.45) is 13.5. The van der Waals surface area contributed by atoms with Gasteiger partial charge in [-0.25, -0.2) is 0 Å². The molecule has 0 aliphatic carbocycles. The number of nitrogens with one attached hydrogen (secondary N) is 1. The van der Waals surface area contributed by atoms with Gasteiger partial charge in [0.05, 0.1) is 0 Å². The van der Waals surface area contributed by atoms with Gasteiger partial charge in [-0.05, 0) is 43.5 Å². The molecule has 0 amide bonds. The third-order valence-corrected chi connectivity index (χ3v) is 3.16. The fourth-order valence-electron chi connectivity index (χ4n) is 2.15. The van der Waals surface area contributed by atoms with E-state index in [4.69, 9.17) is 0 Å². The first kappa shape index (κ1) is 16.5. The zero-order valence-electron chi connectivity index (χ0n) is 12.2. The zero-order chi connectivity index (χ0) is 14.0. The van der Waals surface area contributed by atoms with Crippen molar-refractivity contribution in [1.29, 1.82) is 0 Å². The number of allylic oxidation sites excluding steroid dienone is 7. The fourth-order valence-corrected chi connectivity index (χ4v) is 2.15. The highest BCUT2D eigenvalue weighted by atomic mass is 14.8. The van der Waals surface area contributed by atoms with Crippen molar-refractivity contribution >= 4 is 0 Å². The lowest BCUT2D eigenvalue weighted by Crippen LogP contribution is -2.13. The number of rotatable bonds is 8. The molecule has 0 aromatic carbocycles. The second-order valence-electron chi connectivity index (χ2n) is 4.32. The molecule has 0 fully saturated rings. The zero-order valence-corrected chi connectivity index (χ0v) is 12.2. The predicted molar refractivity (Wildman–Crippen MR) is 83.4 cm³/mol. The van der Waals surface area contributed by atoms with Crippen LogP contribution >= 0.6 is 0 Å². The fraction of sp³-hybridized carbons (Fsp3) is 0.412. The average Bonchev–Trinajstić information content (AvgIpc) is 2.37. The Morgan fingerprint density at radius 1 is 1.33 bits per heavy atom. The lowest BCUT2D eigenvalue weighted by molar-refractivity contribution is 0.522. The van der Waals surface area contributed by atoms with Crippen LogP contribution in [-0.2, 0) is 0 Å². The van der Waals surface area contributed by atoms with Crippen molar-refractivity contribution in [3.8, 4) is 0 Å². The highest BCUT2D eigenvalue weighted by Gasteiger charge is 2.18. The Balaban J connectivity index is 5.51. The third-order valence-electron chi connectivity index (χ3n) is 3.16. The van der Waals surface area contributed by atoms with Crippen LogP contribution in [-0.4, -0.2) is 7.05 Å². The van der Waals surface area contributed by atoms with Crippen LogP contribution in [0.25, 0.3) is 0 Å². The molecular weight excluding hydrogens is 218 g/mol. The summed E-state index contributed by atoms with van der Waals surface area (Å²) in [4.78, 5) is 0. The molecule has 18 heavy (non-hydrogen) atoms. The van der Waals surface area contributed by atoms with E-state index in [1.165, 1.54) is 11.1 Å². The van der Waals surface area contributed by atoms with Gasteiger partial charge in [0.15, 0.2) is 0 Å². The van der Waals surface area contributed by atoms with E-state index in [0.717, 1.165) is 6.42 Å². The van der Waals surface area contributed by atoms with Crippen molar-refractivity contribution in [2.75, 3.05) is 7.05 Å². The molecule has 0 aromatic rings. The monoisotopic (exact) mass is 245 g/mol. The standard InChI is InChI=1S/C17H27N/c1-7-11-14(5)16(10-4)17(12-13-18-6)15(8-2)9-3/h7-8,10-13,15,17-18H,2,4,9H2,1,3,5-6H3/b11-7-,13-12-,16-14+. The summed E-state index contributed by atoms with van der Waals surface area (Å²) < 4.78 is 0. The van der Waals surface area contributed by atoms with E-state index in [0.29, 0.717) is 11.8 Å². The van der Waals surface area contributed by atoms with E-state index in [1.54, 1.807) is 0 Å². The molecule has 0 bridgehead atoms. The van der Waals surface area contributed by atoms with Gasteiger partial charge in [0, 0.05) is 13.0 Å². The first-order valence-electron chi connectivity index (χ1n) is 6.58. The van der Waals surface area contributed by atoms with Gasteiger partial charge in [-0.2, -0.15) is 0 Å². The van der Waals surface area contributed by atoms with Crippen LogP contribution in [0.5, 0.6) is 0 Å². The predicted octanol–water partition coefficient (Wildman–Crippen LogP) is 4.63. The molecule has 0 aliphatic rings. The molecule has 1 nitrogen and oxygen atoms in total. The first-order valence-corrected chi connectivity index (χ1v) is 6.58. The van der Waals surface area contributed by atoms with E-state index in [2.05, 4.69) is 50.6 Å². The van der Waals surface area contributed by atoms with E-state index >= 15 is 0 Å². The summed E-state index contributed by atoms with van der Waals surface area (Å²) in [6.45, 7) is 14.3. The Labute approximate surface area is 113 Å². The van der Waals surface area contributed by atoms with Crippen LogP contribution in [0.3, 0.4) is 0 Å². The molecule has 2 atom stereocenters. The van der Waals surface area contributed by atoms with Crippen molar-refractivity contribution in [2.45, 2.75) is 27.2 Å². The lowest BCUT2D eigenvalue weighted by Gasteiger charge is -2.23. The lowest BCUT2D eigenvalue weighted by atomic mass is 9.82. The minimum atomic E-state index is 0.327. The summed E-state index contributed by atoms with van der Waals surface area (Å²) in [7, 11) is 1.92. The van der Waals surface area contributed by atoms with Crippen molar-refractivity contribution in [2.24, 2.45) is 11.8 Å². The van der Waals surface area contributed by atoms with Crippen LogP contribution in [0, 0.1) is 11.8 Å². The smallest absolute Gasteiger partial charge is 0.0100 e. The average molecular weight is 245 g/mol. The van der Waals surface area contributed by atoms with Crippen molar-refractivity contribution < 1.29 is 0 Å². The van der Waals surface area contributed by atoms with E-state index in [1.807, 2.05) is 32.3 Å². The molecule has 1 heteroatoms. The molecule has 100 valence electrons. The van der Waals surface area contributed by atoms with Crippen LogP contribution in [0.1, 0.15) is 27.2 Å². The van der Waals surface area contributed by atoms with Gasteiger partial charge in [0.1, 0.15) is 0 Å². The van der Waals surface area contributed by atoms with Gasteiger partial charge in [-0.15, -0.1) is 6.58 Å². The maximum absolute atomic E-state index is 3.96. The molecule has 0 radical (unpaired) electrons. The Bertz CT molecular complexity index is 345. The Kier molecular flexibility index (Phi) is 8.73. The molecular formula is C17H27N. The molecule has 0 aromatic heterocycles. The third kappa shape index (κ3) is 4.79. The molecule has 0 saturated heterocycles. The topological polar surface area (TPSA) is 12.0 Å². The number of hydrogen-bond acceptors (Lipinski definition) is 1. The summed E-state index contributed by atoms with van der Waals surface area (Å²) in [5, 5.41) is 3.06. The second kappa shape index (κ2) is 9.52. The van der Waals surface area contributed by atoms with Gasteiger partial charge in [0.25, 0.3) is 0 Å². The maximum atomic E-state index is 3.96. The highest BCUT2D eigenvalue weighted by Crippen LogP contribution is 2.29. The second-order valence-corrected chi connectivity index (χ2v) is 4.32. The van der Waals surface area contributed by atoms with Gasteiger partial charge < -0.3 is 5.32 Å². The Hall–Kier alpha value is -1.50. The summed E-state index contributed by atoms with van der Waals surface area (Å²) in [5.74, 6) is 0.761. The normalized spacial score (nSPS) is 16.4. The van der Waals surface area contributed by atoms with Gasteiger partial charge in [-0.3, -0.25) is 0 Å². The molecule has 0 saturated carbocycles. The first-order chi connectivity index (χ1) is 8.65. The molecule has 0 heterocycles. The van der Waals surface area contributed by atoms with Crippen LogP contribution in [0.2, 0.25) is 0 Å². The highest BCUT2D eigenvalue weighted by molar-refractivity contribution is 5.36. The van der Waals surface area contributed by atoms with E-state index in [-0.39, 0.29) is 0 Å². The SMILES string of the molecule is C=C/C(=C(C)\C=C/C)C(/C=C\NC)C(C=C)CC. The summed E-state index contributed by atoms with van der Waals surface area (Å²) in [5.41, 5.74) is 2.53. The van der Waals surface area contributed by atoms with Crippen LogP contribution < -0.4 is 5.32 Å².